The molecule has 0 heterocycles. The molecular weight excluding hydrogens is 376 g/mol. The minimum absolute atomic E-state index is 0.118. The van der Waals surface area contributed by atoms with E-state index in [2.05, 4.69) is 25.5 Å². The van der Waals surface area contributed by atoms with Gasteiger partial charge in [0, 0.05) is 12.0 Å². The molecule has 1 aliphatic carbocycles. The van der Waals surface area contributed by atoms with Gasteiger partial charge in [-0.05, 0) is 50.0 Å². The molecule has 0 fully saturated rings. The van der Waals surface area contributed by atoms with Crippen LogP contribution >= 0.6 is 11.6 Å². The van der Waals surface area contributed by atoms with Crippen LogP contribution in [0.3, 0.4) is 0 Å². The van der Waals surface area contributed by atoms with Crippen molar-refractivity contribution in [2.75, 3.05) is 7.11 Å². The second-order valence-corrected chi connectivity index (χ2v) is 8.91. The van der Waals surface area contributed by atoms with Crippen molar-refractivity contribution in [2.45, 2.75) is 90.6 Å². The highest BCUT2D eigenvalue weighted by Crippen LogP contribution is 2.38. The van der Waals surface area contributed by atoms with Gasteiger partial charge in [0.15, 0.2) is 0 Å². The van der Waals surface area contributed by atoms with Gasteiger partial charge in [0.25, 0.3) is 0 Å². The van der Waals surface area contributed by atoms with E-state index in [0.717, 1.165) is 32.1 Å². The number of aliphatic hydroxyl groups is 1. The first-order chi connectivity index (χ1) is 13.2. The van der Waals surface area contributed by atoms with Crippen molar-refractivity contribution >= 4 is 23.4 Å². The molecular formula is C23H37ClO4. The summed E-state index contributed by atoms with van der Waals surface area (Å²) in [5.41, 5.74) is -0.827. The first-order valence-electron chi connectivity index (χ1n) is 10.6. The first kappa shape index (κ1) is 24.9. The Kier molecular flexibility index (Phi) is 11.1. The number of carbonyl (C=O) groups is 2. The lowest BCUT2D eigenvalue weighted by atomic mass is 9.86. The molecule has 0 aromatic carbocycles. The highest BCUT2D eigenvalue weighted by atomic mass is 35.5. The van der Waals surface area contributed by atoms with Crippen LogP contribution in [0.2, 0.25) is 0 Å². The third-order valence-corrected chi connectivity index (χ3v) is 5.73. The van der Waals surface area contributed by atoms with Crippen molar-refractivity contribution in [1.82, 2.24) is 0 Å². The molecule has 160 valence electrons. The number of esters is 1. The fraction of sp³-hybridized carbons (Fsp3) is 0.739. The maximum absolute atomic E-state index is 12.4. The van der Waals surface area contributed by atoms with E-state index in [-0.39, 0.29) is 16.8 Å². The van der Waals surface area contributed by atoms with Crippen LogP contribution in [0.1, 0.15) is 85.0 Å². The van der Waals surface area contributed by atoms with Gasteiger partial charge in [0.05, 0.1) is 12.1 Å². The van der Waals surface area contributed by atoms with E-state index in [1.807, 2.05) is 6.08 Å². The summed E-state index contributed by atoms with van der Waals surface area (Å²) in [4.78, 5) is 23.5. The van der Waals surface area contributed by atoms with Crippen LogP contribution in [0.15, 0.2) is 22.8 Å². The predicted molar refractivity (Wildman–Crippen MR) is 114 cm³/mol. The van der Waals surface area contributed by atoms with Gasteiger partial charge in [-0.1, -0.05) is 64.1 Å². The van der Waals surface area contributed by atoms with E-state index < -0.39 is 5.60 Å². The Hall–Kier alpha value is -1.13. The van der Waals surface area contributed by atoms with Gasteiger partial charge in [-0.3, -0.25) is 9.59 Å². The van der Waals surface area contributed by atoms with Crippen molar-refractivity contribution in [2.24, 2.45) is 11.8 Å². The fourth-order valence-corrected chi connectivity index (χ4v) is 3.86. The van der Waals surface area contributed by atoms with E-state index in [9.17, 15) is 14.7 Å². The zero-order chi connectivity index (χ0) is 21.2. The molecule has 0 amide bonds. The number of Topliss-reactive ketones (excluding diaryl/α,β-unsaturated/α-hetero) is 1. The SMILES string of the molecule is COC(=O)CCCCCC=C1C(=O)C(Cl)=CC1(O)CCC(C)CCCC(C)C. The van der Waals surface area contributed by atoms with Gasteiger partial charge < -0.3 is 9.84 Å². The average molecular weight is 413 g/mol. The van der Waals surface area contributed by atoms with Crippen LogP contribution in [0.5, 0.6) is 0 Å². The molecule has 28 heavy (non-hydrogen) atoms. The van der Waals surface area contributed by atoms with Crippen LogP contribution in [0.25, 0.3) is 0 Å². The van der Waals surface area contributed by atoms with Crippen LogP contribution in [0, 0.1) is 11.8 Å². The normalized spacial score (nSPS) is 22.0. The summed E-state index contributed by atoms with van der Waals surface area (Å²) in [6, 6.07) is 0. The summed E-state index contributed by atoms with van der Waals surface area (Å²) in [5.74, 6) is 0.765. The van der Waals surface area contributed by atoms with Crippen LogP contribution in [0.4, 0.5) is 0 Å². The number of ether oxygens (including phenoxy) is 1. The topological polar surface area (TPSA) is 63.6 Å². The Morgan fingerprint density at radius 1 is 1.18 bits per heavy atom. The van der Waals surface area contributed by atoms with E-state index in [1.54, 1.807) is 0 Å². The molecule has 0 bridgehead atoms. The van der Waals surface area contributed by atoms with Gasteiger partial charge in [-0.15, -0.1) is 0 Å². The second-order valence-electron chi connectivity index (χ2n) is 8.51. The quantitative estimate of drug-likeness (QED) is 0.239. The molecule has 2 atom stereocenters. The third-order valence-electron chi connectivity index (χ3n) is 5.45. The van der Waals surface area contributed by atoms with Gasteiger partial charge >= 0.3 is 5.97 Å². The van der Waals surface area contributed by atoms with Crippen LogP contribution < -0.4 is 0 Å². The maximum atomic E-state index is 12.4. The molecule has 0 aromatic heterocycles. The lowest BCUT2D eigenvalue weighted by Crippen LogP contribution is -2.28. The minimum atomic E-state index is -1.24. The molecule has 0 saturated heterocycles. The molecule has 0 aromatic rings. The van der Waals surface area contributed by atoms with Crippen molar-refractivity contribution in [3.05, 3.63) is 22.8 Å². The number of methoxy groups -OCH3 is 1. The molecule has 4 nitrogen and oxygen atoms in total. The first-order valence-corrected chi connectivity index (χ1v) is 11.0. The molecule has 2 unspecified atom stereocenters. The zero-order valence-corrected chi connectivity index (χ0v) is 18.7. The molecule has 1 aliphatic rings. The number of unbranched alkanes of at least 4 members (excludes halogenated alkanes) is 3. The predicted octanol–water partition coefficient (Wildman–Crippen LogP) is 5.72. The number of hydrogen-bond acceptors (Lipinski definition) is 4. The zero-order valence-electron chi connectivity index (χ0n) is 17.9. The van der Waals surface area contributed by atoms with Gasteiger partial charge in [-0.2, -0.15) is 0 Å². The highest BCUT2D eigenvalue weighted by molar-refractivity contribution is 6.46. The van der Waals surface area contributed by atoms with Crippen molar-refractivity contribution in [1.29, 1.82) is 0 Å². The van der Waals surface area contributed by atoms with Crippen molar-refractivity contribution in [3.8, 4) is 0 Å². The standard InChI is InChI=1S/C23H37ClO4/c1-17(2)10-9-11-18(3)14-15-23(27)16-20(24)22(26)19(23)12-7-5-6-8-13-21(25)28-4/h12,16-18,27H,5-11,13-15H2,1-4H3. The number of allylic oxidation sites excluding steroid dienone is 2. The summed E-state index contributed by atoms with van der Waals surface area (Å²) in [6.45, 7) is 6.67. The summed E-state index contributed by atoms with van der Waals surface area (Å²) < 4.78 is 4.62. The summed E-state index contributed by atoms with van der Waals surface area (Å²) in [7, 11) is 1.39. The van der Waals surface area contributed by atoms with E-state index in [4.69, 9.17) is 11.6 Å². The molecule has 1 rings (SSSR count). The van der Waals surface area contributed by atoms with Crippen molar-refractivity contribution in [3.63, 3.8) is 0 Å². The lowest BCUT2D eigenvalue weighted by molar-refractivity contribution is -0.140. The number of rotatable bonds is 13. The van der Waals surface area contributed by atoms with Gasteiger partial charge in [0.1, 0.15) is 5.60 Å². The molecule has 1 N–H and O–H groups in total. The Morgan fingerprint density at radius 3 is 2.54 bits per heavy atom. The minimum Gasteiger partial charge on any atom is -0.469 e. The van der Waals surface area contributed by atoms with Gasteiger partial charge in [0.2, 0.25) is 5.78 Å². The molecule has 0 spiro atoms. The summed E-state index contributed by atoms with van der Waals surface area (Å²) in [5, 5.41) is 11.2. The monoisotopic (exact) mass is 412 g/mol. The number of hydrogen-bond donors (Lipinski definition) is 1. The van der Waals surface area contributed by atoms with Crippen LogP contribution in [-0.4, -0.2) is 29.6 Å². The highest BCUT2D eigenvalue weighted by Gasteiger charge is 2.40. The van der Waals surface area contributed by atoms with Crippen LogP contribution in [-0.2, 0) is 14.3 Å². The third kappa shape index (κ3) is 8.48. The smallest absolute Gasteiger partial charge is 0.305 e. The van der Waals surface area contributed by atoms with E-state index >= 15 is 0 Å². The number of halogens is 1. The maximum Gasteiger partial charge on any atom is 0.305 e. The van der Waals surface area contributed by atoms with E-state index in [0.29, 0.717) is 36.7 Å². The summed E-state index contributed by atoms with van der Waals surface area (Å²) >= 11 is 6.05. The Labute approximate surface area is 175 Å². The van der Waals surface area contributed by atoms with Crippen molar-refractivity contribution < 1.29 is 19.4 Å². The molecule has 0 radical (unpaired) electrons. The Morgan fingerprint density at radius 2 is 1.89 bits per heavy atom. The molecule has 0 saturated carbocycles. The van der Waals surface area contributed by atoms with Gasteiger partial charge in [-0.25, -0.2) is 0 Å². The molecule has 5 heteroatoms. The largest absolute Gasteiger partial charge is 0.469 e. The lowest BCUT2D eigenvalue weighted by Gasteiger charge is -2.24. The Balaban J connectivity index is 2.52. The number of ketones is 1. The van der Waals surface area contributed by atoms with E-state index in [1.165, 1.54) is 26.0 Å². The Bertz CT molecular complexity index is 579. The fourth-order valence-electron chi connectivity index (χ4n) is 3.58. The summed E-state index contributed by atoms with van der Waals surface area (Å²) in [6.07, 6.45) is 11.9. The molecule has 0 aliphatic heterocycles. The average Bonchev–Trinajstić information content (AvgIpc) is 2.85. The number of carbonyl (C=O) groups excluding carboxylic acids is 2. The second kappa shape index (κ2) is 12.4.